The van der Waals surface area contributed by atoms with Gasteiger partial charge >= 0.3 is 0 Å². The van der Waals surface area contributed by atoms with Crippen molar-refractivity contribution in [3.05, 3.63) is 0 Å². The van der Waals surface area contributed by atoms with Crippen LogP contribution >= 0.6 is 0 Å². The minimum Gasteiger partial charge on any atom is -0.375 e. The van der Waals surface area contributed by atoms with E-state index in [9.17, 15) is 4.79 Å². The first-order chi connectivity index (χ1) is 8.28. The fraction of sp³-hybridized carbons (Fsp3) is 0.938. The van der Waals surface area contributed by atoms with E-state index in [-0.39, 0.29) is 17.0 Å². The molecule has 0 saturated carbocycles. The third-order valence-electron chi connectivity index (χ3n) is 3.69. The molecule has 0 rings (SSSR count). The molecule has 0 saturated heterocycles. The maximum atomic E-state index is 12.2. The second-order valence-electron chi connectivity index (χ2n) is 7.94. The van der Waals surface area contributed by atoms with E-state index in [0.29, 0.717) is 12.5 Å². The van der Waals surface area contributed by atoms with Crippen molar-refractivity contribution in [1.29, 1.82) is 0 Å². The summed E-state index contributed by atoms with van der Waals surface area (Å²) in [4.78, 5) is 12.2. The fourth-order valence-electron chi connectivity index (χ4n) is 1.36. The molecule has 0 aromatic rings. The maximum Gasteiger partial charge on any atom is 0.226 e. The zero-order chi connectivity index (χ0) is 15.5. The maximum absolute atomic E-state index is 12.2. The van der Waals surface area contributed by atoms with Crippen molar-refractivity contribution in [3.8, 4) is 0 Å². The highest BCUT2D eigenvalue weighted by atomic mass is 16.5. The molecule has 114 valence electrons. The van der Waals surface area contributed by atoms with Gasteiger partial charge in [-0.15, -0.1) is 0 Å². The van der Waals surface area contributed by atoms with Gasteiger partial charge in [-0.3, -0.25) is 4.79 Å². The van der Waals surface area contributed by atoms with Crippen LogP contribution in [0, 0.1) is 11.3 Å². The first-order valence-corrected chi connectivity index (χ1v) is 7.24. The lowest BCUT2D eigenvalue weighted by Crippen LogP contribution is -2.47. The van der Waals surface area contributed by atoms with Crippen molar-refractivity contribution in [2.75, 3.05) is 6.61 Å². The lowest BCUT2D eigenvalue weighted by Gasteiger charge is -2.33. The minimum atomic E-state index is -0.402. The van der Waals surface area contributed by atoms with Gasteiger partial charge in [0, 0.05) is 17.6 Å². The molecular formula is C16H33NO2. The molecule has 0 atom stereocenters. The lowest BCUT2D eigenvalue weighted by atomic mass is 9.87. The Morgan fingerprint density at radius 3 is 1.89 bits per heavy atom. The lowest BCUT2D eigenvalue weighted by molar-refractivity contribution is -0.133. The molecule has 3 heteroatoms. The number of amides is 1. The van der Waals surface area contributed by atoms with Gasteiger partial charge in [0.05, 0.1) is 5.60 Å². The summed E-state index contributed by atoms with van der Waals surface area (Å²) in [6.07, 6.45) is 0.727. The second kappa shape index (κ2) is 6.25. The first kappa shape index (κ1) is 18.4. The summed E-state index contributed by atoms with van der Waals surface area (Å²) >= 11 is 0. The standard InChI is InChI=1S/C16H33NO2/c1-12(2)16(8,9)19-11-10-15(6,7)13(18)17-14(3,4)5/h12H,10-11H2,1-9H3,(H,17,18). The van der Waals surface area contributed by atoms with Crippen LogP contribution in [0.25, 0.3) is 0 Å². The molecule has 0 radical (unpaired) electrons. The van der Waals surface area contributed by atoms with Crippen molar-refractivity contribution in [1.82, 2.24) is 5.32 Å². The average molecular weight is 271 g/mol. The number of carbonyl (C=O) groups is 1. The average Bonchev–Trinajstić information content (AvgIpc) is 2.13. The second-order valence-corrected chi connectivity index (χ2v) is 7.94. The van der Waals surface area contributed by atoms with E-state index in [4.69, 9.17) is 4.74 Å². The van der Waals surface area contributed by atoms with Crippen LogP contribution in [0.3, 0.4) is 0 Å². The number of hydrogen-bond donors (Lipinski definition) is 1. The van der Waals surface area contributed by atoms with Crippen molar-refractivity contribution in [2.45, 2.75) is 79.9 Å². The number of hydrogen-bond acceptors (Lipinski definition) is 2. The van der Waals surface area contributed by atoms with E-state index in [1.165, 1.54) is 0 Å². The van der Waals surface area contributed by atoms with E-state index >= 15 is 0 Å². The summed E-state index contributed by atoms with van der Waals surface area (Å²) in [6, 6.07) is 0. The third kappa shape index (κ3) is 6.95. The Morgan fingerprint density at radius 2 is 1.53 bits per heavy atom. The Labute approximate surface area is 119 Å². The molecule has 0 aliphatic rings. The van der Waals surface area contributed by atoms with Gasteiger partial charge < -0.3 is 10.1 Å². The first-order valence-electron chi connectivity index (χ1n) is 7.24. The molecule has 0 spiro atoms. The largest absolute Gasteiger partial charge is 0.375 e. The number of carbonyl (C=O) groups excluding carboxylic acids is 1. The molecular weight excluding hydrogens is 238 g/mol. The zero-order valence-electron chi connectivity index (χ0n) is 14.3. The van der Waals surface area contributed by atoms with Crippen molar-refractivity contribution < 1.29 is 9.53 Å². The molecule has 3 nitrogen and oxygen atoms in total. The molecule has 0 fully saturated rings. The van der Waals surface area contributed by atoms with Gasteiger partial charge in [-0.05, 0) is 47.0 Å². The molecule has 1 N–H and O–H groups in total. The molecule has 0 aromatic heterocycles. The quantitative estimate of drug-likeness (QED) is 0.798. The topological polar surface area (TPSA) is 38.3 Å². The summed E-state index contributed by atoms with van der Waals surface area (Å²) in [5.41, 5.74) is -0.733. The van der Waals surface area contributed by atoms with Gasteiger partial charge in [-0.1, -0.05) is 27.7 Å². The van der Waals surface area contributed by atoms with Crippen LogP contribution in [-0.4, -0.2) is 23.7 Å². The van der Waals surface area contributed by atoms with Gasteiger partial charge in [0.2, 0.25) is 5.91 Å². The van der Waals surface area contributed by atoms with Crippen LogP contribution in [-0.2, 0) is 9.53 Å². The van der Waals surface area contributed by atoms with E-state index in [2.05, 4.69) is 33.0 Å². The normalized spacial score (nSPS) is 13.8. The number of ether oxygens (including phenoxy) is 1. The van der Waals surface area contributed by atoms with E-state index in [1.807, 2.05) is 34.6 Å². The van der Waals surface area contributed by atoms with Crippen LogP contribution in [0.2, 0.25) is 0 Å². The summed E-state index contributed by atoms with van der Waals surface area (Å²) in [5, 5.41) is 3.04. The van der Waals surface area contributed by atoms with Crippen LogP contribution in [0.4, 0.5) is 0 Å². The molecule has 0 heterocycles. The number of nitrogens with one attached hydrogen (secondary N) is 1. The van der Waals surface area contributed by atoms with Crippen molar-refractivity contribution in [2.24, 2.45) is 11.3 Å². The molecule has 0 aliphatic carbocycles. The van der Waals surface area contributed by atoms with Crippen molar-refractivity contribution in [3.63, 3.8) is 0 Å². The van der Waals surface area contributed by atoms with Crippen molar-refractivity contribution >= 4 is 5.91 Å². The molecule has 19 heavy (non-hydrogen) atoms. The molecule has 0 aromatic carbocycles. The van der Waals surface area contributed by atoms with Gasteiger partial charge in [0.15, 0.2) is 0 Å². The summed E-state index contributed by atoms with van der Waals surface area (Å²) in [7, 11) is 0. The highest BCUT2D eigenvalue weighted by molar-refractivity contribution is 5.82. The van der Waals surface area contributed by atoms with E-state index in [1.54, 1.807) is 0 Å². The molecule has 1 amide bonds. The molecule has 0 aliphatic heterocycles. The van der Waals surface area contributed by atoms with Gasteiger partial charge in [-0.25, -0.2) is 0 Å². The van der Waals surface area contributed by atoms with Crippen LogP contribution in [0.1, 0.15) is 68.7 Å². The monoisotopic (exact) mass is 271 g/mol. The number of rotatable bonds is 6. The Bertz CT molecular complexity index is 298. The van der Waals surface area contributed by atoms with Crippen LogP contribution < -0.4 is 5.32 Å². The SMILES string of the molecule is CC(C)C(C)(C)OCCC(C)(C)C(=O)NC(C)(C)C. The van der Waals surface area contributed by atoms with Crippen LogP contribution in [0.15, 0.2) is 0 Å². The van der Waals surface area contributed by atoms with Crippen LogP contribution in [0.5, 0.6) is 0 Å². The minimum absolute atomic E-state index is 0.0888. The highest BCUT2D eigenvalue weighted by Gasteiger charge is 2.31. The Balaban J connectivity index is 4.36. The predicted molar refractivity (Wildman–Crippen MR) is 81.2 cm³/mol. The Morgan fingerprint density at radius 1 is 1.05 bits per heavy atom. The van der Waals surface area contributed by atoms with E-state index < -0.39 is 5.41 Å². The highest BCUT2D eigenvalue weighted by Crippen LogP contribution is 2.25. The van der Waals surface area contributed by atoms with Gasteiger partial charge in [0.25, 0.3) is 0 Å². The van der Waals surface area contributed by atoms with Gasteiger partial charge in [-0.2, -0.15) is 0 Å². The Kier molecular flexibility index (Phi) is 6.07. The zero-order valence-corrected chi connectivity index (χ0v) is 14.3. The summed E-state index contributed by atoms with van der Waals surface area (Å²) in [5.74, 6) is 0.546. The third-order valence-corrected chi connectivity index (χ3v) is 3.69. The summed E-state index contributed by atoms with van der Waals surface area (Å²) < 4.78 is 5.93. The van der Waals surface area contributed by atoms with Gasteiger partial charge in [0.1, 0.15) is 0 Å². The smallest absolute Gasteiger partial charge is 0.226 e. The molecule has 0 bridgehead atoms. The Hall–Kier alpha value is -0.570. The molecule has 0 unspecified atom stereocenters. The summed E-state index contributed by atoms with van der Waals surface area (Å²) in [6.45, 7) is 19.0. The van der Waals surface area contributed by atoms with E-state index in [0.717, 1.165) is 6.42 Å². The predicted octanol–water partition coefficient (Wildman–Crippen LogP) is 3.77. The fourth-order valence-corrected chi connectivity index (χ4v) is 1.36.